The monoisotopic (exact) mass is 390 g/mol. The maximum atomic E-state index is 12.4. The molecule has 0 radical (unpaired) electrons. The van der Waals surface area contributed by atoms with Crippen LogP contribution in [0.15, 0.2) is 36.4 Å². The molecule has 1 amide bonds. The molecule has 2 aromatic rings. The number of benzene rings is 2. The third-order valence-corrected chi connectivity index (χ3v) is 5.61. The lowest BCUT2D eigenvalue weighted by Gasteiger charge is -2.17. The second kappa shape index (κ2) is 7.48. The highest BCUT2D eigenvalue weighted by atomic mass is 32.2. The van der Waals surface area contributed by atoms with Gasteiger partial charge in [-0.2, -0.15) is 0 Å². The predicted molar refractivity (Wildman–Crippen MR) is 104 cm³/mol. The number of sulfonamides is 1. The molecule has 1 N–H and O–H groups in total. The number of carbonyl (C=O) groups is 1. The number of amides is 1. The number of methoxy groups -OCH3 is 2. The summed E-state index contributed by atoms with van der Waals surface area (Å²) in [5.41, 5.74) is 2.93. The smallest absolute Gasteiger partial charge is 0.232 e. The molecule has 0 saturated heterocycles. The molecular weight excluding hydrogens is 368 g/mol. The van der Waals surface area contributed by atoms with Gasteiger partial charge in [0.05, 0.1) is 32.6 Å². The van der Waals surface area contributed by atoms with Gasteiger partial charge < -0.3 is 14.8 Å². The molecule has 0 fully saturated rings. The first-order valence-corrected chi connectivity index (χ1v) is 10.3. The molecule has 0 saturated carbocycles. The van der Waals surface area contributed by atoms with Gasteiger partial charge in [0.1, 0.15) is 0 Å². The molecule has 144 valence electrons. The second-order valence-corrected chi connectivity index (χ2v) is 8.25. The molecule has 1 aliphatic rings. The fraction of sp³-hybridized carbons (Fsp3) is 0.316. The minimum absolute atomic E-state index is 0.160. The molecule has 0 unspecified atom stereocenters. The van der Waals surface area contributed by atoms with Gasteiger partial charge in [0.25, 0.3) is 0 Å². The third-order valence-electron chi connectivity index (χ3n) is 4.43. The van der Waals surface area contributed by atoms with Crippen LogP contribution in [0.2, 0.25) is 0 Å². The van der Waals surface area contributed by atoms with Crippen LogP contribution in [-0.2, 0) is 27.7 Å². The Bertz CT molecular complexity index is 972. The summed E-state index contributed by atoms with van der Waals surface area (Å²) in [6, 6.07) is 10.7. The van der Waals surface area contributed by atoms with E-state index in [1.807, 2.05) is 6.07 Å². The van der Waals surface area contributed by atoms with E-state index < -0.39 is 10.0 Å². The van der Waals surface area contributed by atoms with E-state index >= 15 is 0 Å². The topological polar surface area (TPSA) is 84.9 Å². The zero-order valence-electron chi connectivity index (χ0n) is 15.5. The van der Waals surface area contributed by atoms with Gasteiger partial charge >= 0.3 is 0 Å². The number of nitrogens with one attached hydrogen (secondary N) is 1. The Kier molecular flexibility index (Phi) is 5.27. The molecular formula is C19H22N2O5S. The Labute approximate surface area is 158 Å². The number of nitrogens with zero attached hydrogens (tertiary/aromatic N) is 1. The highest BCUT2D eigenvalue weighted by Crippen LogP contribution is 2.32. The fourth-order valence-electron chi connectivity index (χ4n) is 3.15. The molecule has 2 aromatic carbocycles. The lowest BCUT2D eigenvalue weighted by Crippen LogP contribution is -2.27. The van der Waals surface area contributed by atoms with E-state index in [2.05, 4.69) is 5.32 Å². The maximum Gasteiger partial charge on any atom is 0.232 e. The molecule has 0 atom stereocenters. The Morgan fingerprint density at radius 1 is 1.11 bits per heavy atom. The highest BCUT2D eigenvalue weighted by Gasteiger charge is 2.26. The van der Waals surface area contributed by atoms with Crippen LogP contribution in [0.1, 0.15) is 11.1 Å². The van der Waals surface area contributed by atoms with Crippen LogP contribution in [0.5, 0.6) is 11.5 Å². The van der Waals surface area contributed by atoms with Crippen molar-refractivity contribution in [2.45, 2.75) is 12.8 Å². The summed E-state index contributed by atoms with van der Waals surface area (Å²) in [4.78, 5) is 12.4. The van der Waals surface area contributed by atoms with Crippen LogP contribution in [-0.4, -0.2) is 41.3 Å². The van der Waals surface area contributed by atoms with Crippen molar-refractivity contribution in [3.05, 3.63) is 47.5 Å². The number of hydrogen-bond acceptors (Lipinski definition) is 5. The van der Waals surface area contributed by atoms with Gasteiger partial charge in [0, 0.05) is 12.2 Å². The quantitative estimate of drug-likeness (QED) is 0.817. The molecule has 8 heteroatoms. The van der Waals surface area contributed by atoms with Crippen LogP contribution < -0.4 is 19.1 Å². The summed E-state index contributed by atoms with van der Waals surface area (Å²) in [6.07, 6.45) is 2.01. The Morgan fingerprint density at radius 3 is 2.52 bits per heavy atom. The van der Waals surface area contributed by atoms with Crippen LogP contribution in [0, 0.1) is 0 Å². The molecule has 1 heterocycles. The predicted octanol–water partition coefficient (Wildman–Crippen LogP) is 2.21. The first-order valence-electron chi connectivity index (χ1n) is 8.43. The summed E-state index contributed by atoms with van der Waals surface area (Å²) < 4.78 is 35.6. The number of hydrogen-bond donors (Lipinski definition) is 1. The highest BCUT2D eigenvalue weighted by molar-refractivity contribution is 7.92. The average Bonchev–Trinajstić information content (AvgIpc) is 3.05. The molecule has 27 heavy (non-hydrogen) atoms. The first kappa shape index (κ1) is 19.0. The standard InChI is InChI=1S/C19H22N2O5S/c1-25-17-7-4-13(10-18(17)26-2)11-19(22)20-15-6-5-14-8-9-21(16(14)12-15)27(3,23)24/h4-7,10,12H,8-9,11H2,1-3H3,(H,20,22). The Hall–Kier alpha value is -2.74. The van der Waals surface area contributed by atoms with E-state index in [9.17, 15) is 13.2 Å². The van der Waals surface area contributed by atoms with Gasteiger partial charge in [-0.15, -0.1) is 0 Å². The van der Waals surface area contributed by atoms with Gasteiger partial charge in [-0.05, 0) is 41.8 Å². The van der Waals surface area contributed by atoms with Crippen molar-refractivity contribution < 1.29 is 22.7 Å². The summed E-state index contributed by atoms with van der Waals surface area (Å²) in [5.74, 6) is 0.955. The third kappa shape index (κ3) is 4.16. The van der Waals surface area contributed by atoms with Crippen molar-refractivity contribution in [1.29, 1.82) is 0 Å². The number of carbonyl (C=O) groups excluding carboxylic acids is 1. The molecule has 0 aromatic heterocycles. The minimum Gasteiger partial charge on any atom is -0.493 e. The van der Waals surface area contributed by atoms with E-state index in [1.165, 1.54) is 10.6 Å². The number of anilines is 2. The van der Waals surface area contributed by atoms with Crippen molar-refractivity contribution in [2.24, 2.45) is 0 Å². The number of ether oxygens (including phenoxy) is 2. The van der Waals surface area contributed by atoms with Crippen LogP contribution in [0.25, 0.3) is 0 Å². The van der Waals surface area contributed by atoms with E-state index in [4.69, 9.17) is 9.47 Å². The van der Waals surface area contributed by atoms with Gasteiger partial charge in [0.2, 0.25) is 15.9 Å². The Morgan fingerprint density at radius 2 is 1.85 bits per heavy atom. The molecule has 7 nitrogen and oxygen atoms in total. The van der Waals surface area contributed by atoms with E-state index in [-0.39, 0.29) is 12.3 Å². The van der Waals surface area contributed by atoms with E-state index in [0.29, 0.717) is 35.8 Å². The molecule has 1 aliphatic heterocycles. The van der Waals surface area contributed by atoms with E-state index in [0.717, 1.165) is 11.1 Å². The first-order chi connectivity index (χ1) is 12.8. The van der Waals surface area contributed by atoms with Crippen molar-refractivity contribution in [3.8, 4) is 11.5 Å². The van der Waals surface area contributed by atoms with Crippen LogP contribution in [0.3, 0.4) is 0 Å². The molecule has 0 bridgehead atoms. The van der Waals surface area contributed by atoms with Gasteiger partial charge in [-0.1, -0.05) is 12.1 Å². The van der Waals surface area contributed by atoms with E-state index in [1.54, 1.807) is 44.6 Å². The Balaban J connectivity index is 1.74. The lowest BCUT2D eigenvalue weighted by atomic mass is 10.1. The number of rotatable bonds is 6. The van der Waals surface area contributed by atoms with Gasteiger partial charge in [0.15, 0.2) is 11.5 Å². The summed E-state index contributed by atoms with van der Waals surface area (Å²) in [7, 11) is -0.234. The largest absolute Gasteiger partial charge is 0.493 e. The zero-order chi connectivity index (χ0) is 19.6. The second-order valence-electron chi connectivity index (χ2n) is 6.34. The summed E-state index contributed by atoms with van der Waals surface area (Å²) in [5, 5.41) is 2.83. The summed E-state index contributed by atoms with van der Waals surface area (Å²) in [6.45, 7) is 0.428. The molecule has 3 rings (SSSR count). The lowest BCUT2D eigenvalue weighted by molar-refractivity contribution is -0.115. The summed E-state index contributed by atoms with van der Waals surface area (Å²) >= 11 is 0. The SMILES string of the molecule is COc1ccc(CC(=O)Nc2ccc3c(c2)N(S(C)(=O)=O)CC3)cc1OC. The van der Waals surface area contributed by atoms with Crippen molar-refractivity contribution in [1.82, 2.24) is 0 Å². The van der Waals surface area contributed by atoms with Crippen molar-refractivity contribution in [3.63, 3.8) is 0 Å². The van der Waals surface area contributed by atoms with Crippen molar-refractivity contribution in [2.75, 3.05) is 36.6 Å². The van der Waals surface area contributed by atoms with Gasteiger partial charge in [-0.25, -0.2) is 8.42 Å². The zero-order valence-corrected chi connectivity index (χ0v) is 16.3. The molecule has 0 spiro atoms. The minimum atomic E-state index is -3.33. The van der Waals surface area contributed by atoms with Gasteiger partial charge in [-0.3, -0.25) is 9.10 Å². The fourth-order valence-corrected chi connectivity index (χ4v) is 4.10. The normalized spacial score (nSPS) is 13.2. The van der Waals surface area contributed by atoms with Crippen LogP contribution in [0.4, 0.5) is 11.4 Å². The van der Waals surface area contributed by atoms with Crippen LogP contribution >= 0.6 is 0 Å². The molecule has 0 aliphatic carbocycles. The average molecular weight is 390 g/mol. The van der Waals surface area contributed by atoms with Crippen molar-refractivity contribution >= 4 is 27.3 Å². The maximum absolute atomic E-state index is 12.4. The number of fused-ring (bicyclic) bond motifs is 1.